The highest BCUT2D eigenvalue weighted by Gasteiger charge is 2.21. The van der Waals surface area contributed by atoms with Crippen LogP contribution in [0.2, 0.25) is 5.02 Å². The zero-order valence-corrected chi connectivity index (χ0v) is 18.3. The van der Waals surface area contributed by atoms with Crippen LogP contribution in [-0.4, -0.2) is 35.7 Å². The number of nitrogens with one attached hydrogen (secondary N) is 1. The molecule has 8 nitrogen and oxygen atoms in total. The number of hydrogen-bond donors (Lipinski definition) is 1. The zero-order valence-electron chi connectivity index (χ0n) is 17.5. The van der Waals surface area contributed by atoms with E-state index in [1.165, 1.54) is 43.5 Å². The van der Waals surface area contributed by atoms with Crippen LogP contribution in [0.5, 0.6) is 5.75 Å². The summed E-state index contributed by atoms with van der Waals surface area (Å²) in [5.74, 6) is -1.36. The van der Waals surface area contributed by atoms with Crippen molar-refractivity contribution in [3.63, 3.8) is 0 Å². The summed E-state index contributed by atoms with van der Waals surface area (Å²) in [6, 6.07) is 11.8. The van der Waals surface area contributed by atoms with Crippen LogP contribution in [0.3, 0.4) is 0 Å². The first-order valence-corrected chi connectivity index (χ1v) is 10.1. The third-order valence-electron chi connectivity index (χ3n) is 4.75. The highest BCUT2D eigenvalue weighted by atomic mass is 35.5. The molecule has 4 rings (SSSR count). The third kappa shape index (κ3) is 4.78. The predicted octanol–water partition coefficient (Wildman–Crippen LogP) is 4.79. The number of aromatic nitrogens is 2. The summed E-state index contributed by atoms with van der Waals surface area (Å²) < 4.78 is 28.9. The quantitative estimate of drug-likeness (QED) is 0.405. The minimum absolute atomic E-state index is 0.117. The van der Waals surface area contributed by atoms with Crippen molar-refractivity contribution in [3.8, 4) is 17.0 Å². The van der Waals surface area contributed by atoms with Crippen LogP contribution in [0.15, 0.2) is 53.1 Å². The number of carbonyl (C=O) groups excluding carboxylic acids is 2. The lowest BCUT2D eigenvalue weighted by Crippen LogP contribution is -2.21. The van der Waals surface area contributed by atoms with E-state index in [9.17, 15) is 14.0 Å². The van der Waals surface area contributed by atoms with Crippen LogP contribution in [0, 0.1) is 12.7 Å². The molecule has 168 valence electrons. The van der Waals surface area contributed by atoms with E-state index in [4.69, 9.17) is 25.6 Å². The van der Waals surface area contributed by atoms with E-state index in [1.54, 1.807) is 19.1 Å². The average molecular weight is 470 g/mol. The number of aryl methyl sites for hydroxylation is 1. The van der Waals surface area contributed by atoms with E-state index in [0.717, 1.165) is 0 Å². The third-order valence-corrected chi connectivity index (χ3v) is 4.98. The molecule has 0 fully saturated rings. The monoisotopic (exact) mass is 469 g/mol. The van der Waals surface area contributed by atoms with Gasteiger partial charge in [-0.05, 0) is 55.5 Å². The molecule has 0 aliphatic heterocycles. The normalized spacial score (nSPS) is 10.8. The molecule has 0 saturated heterocycles. The highest BCUT2D eigenvalue weighted by Crippen LogP contribution is 2.29. The van der Waals surface area contributed by atoms with Gasteiger partial charge >= 0.3 is 5.97 Å². The molecule has 0 unspecified atom stereocenters. The van der Waals surface area contributed by atoms with Crippen LogP contribution in [-0.2, 0) is 9.53 Å². The van der Waals surface area contributed by atoms with Crippen molar-refractivity contribution in [1.82, 2.24) is 10.1 Å². The van der Waals surface area contributed by atoms with Gasteiger partial charge in [-0.2, -0.15) is 0 Å². The number of hydrogen-bond acceptors (Lipinski definition) is 7. The summed E-state index contributed by atoms with van der Waals surface area (Å²) in [5, 5.41) is 7.21. The van der Waals surface area contributed by atoms with Gasteiger partial charge in [0.1, 0.15) is 11.6 Å². The van der Waals surface area contributed by atoms with Crippen molar-refractivity contribution in [2.45, 2.75) is 6.92 Å². The summed E-state index contributed by atoms with van der Waals surface area (Å²) in [5.41, 5.74) is 1.93. The van der Waals surface area contributed by atoms with E-state index in [0.29, 0.717) is 38.8 Å². The topological polar surface area (TPSA) is 104 Å². The fourth-order valence-electron chi connectivity index (χ4n) is 3.20. The van der Waals surface area contributed by atoms with Gasteiger partial charge in [0.05, 0.1) is 35.1 Å². The predicted molar refractivity (Wildman–Crippen MR) is 119 cm³/mol. The first-order valence-electron chi connectivity index (χ1n) is 9.69. The van der Waals surface area contributed by atoms with Gasteiger partial charge in [0.2, 0.25) is 0 Å². The van der Waals surface area contributed by atoms with Gasteiger partial charge in [0, 0.05) is 10.6 Å². The summed E-state index contributed by atoms with van der Waals surface area (Å²) in [4.78, 5) is 29.6. The Morgan fingerprint density at radius 1 is 1.15 bits per heavy atom. The number of nitrogens with zero attached hydrogens (tertiary/aromatic N) is 2. The molecule has 0 atom stereocenters. The fraction of sp³-hybridized carbons (Fsp3) is 0.130. The van der Waals surface area contributed by atoms with Crippen molar-refractivity contribution in [3.05, 3.63) is 70.6 Å². The number of fused-ring (bicyclic) bond motifs is 1. The van der Waals surface area contributed by atoms with Gasteiger partial charge in [-0.15, -0.1) is 0 Å². The van der Waals surface area contributed by atoms with Crippen molar-refractivity contribution in [2.75, 3.05) is 19.0 Å². The Bertz CT molecular complexity index is 1350. The van der Waals surface area contributed by atoms with Gasteiger partial charge in [-0.25, -0.2) is 14.2 Å². The van der Waals surface area contributed by atoms with Crippen LogP contribution in [0.1, 0.15) is 16.1 Å². The minimum Gasteiger partial charge on any atom is -0.495 e. The largest absolute Gasteiger partial charge is 0.495 e. The fourth-order valence-corrected chi connectivity index (χ4v) is 3.37. The van der Waals surface area contributed by atoms with E-state index < -0.39 is 24.3 Å². The van der Waals surface area contributed by atoms with Gasteiger partial charge in [-0.1, -0.05) is 16.8 Å². The Labute approximate surface area is 192 Å². The number of halogens is 2. The van der Waals surface area contributed by atoms with Gasteiger partial charge < -0.3 is 19.3 Å². The molecule has 1 amide bonds. The number of pyridine rings is 1. The summed E-state index contributed by atoms with van der Waals surface area (Å²) >= 11 is 5.96. The number of rotatable bonds is 6. The van der Waals surface area contributed by atoms with Crippen molar-refractivity contribution >= 4 is 40.3 Å². The second-order valence-electron chi connectivity index (χ2n) is 6.98. The molecule has 4 aromatic rings. The number of benzene rings is 2. The lowest BCUT2D eigenvalue weighted by molar-refractivity contribution is -0.119. The maximum atomic E-state index is 13.3. The molecule has 33 heavy (non-hydrogen) atoms. The van der Waals surface area contributed by atoms with Gasteiger partial charge in [-0.3, -0.25) is 4.79 Å². The maximum absolute atomic E-state index is 13.3. The molecule has 0 bridgehead atoms. The van der Waals surface area contributed by atoms with E-state index >= 15 is 0 Å². The molecule has 2 heterocycles. The second kappa shape index (κ2) is 9.25. The first-order chi connectivity index (χ1) is 15.9. The van der Waals surface area contributed by atoms with E-state index in [2.05, 4.69) is 15.5 Å². The van der Waals surface area contributed by atoms with Crippen LogP contribution < -0.4 is 10.1 Å². The zero-order chi connectivity index (χ0) is 23.5. The smallest absolute Gasteiger partial charge is 0.339 e. The minimum atomic E-state index is -0.773. The lowest BCUT2D eigenvalue weighted by Gasteiger charge is -2.11. The van der Waals surface area contributed by atoms with Gasteiger partial charge in [0.15, 0.2) is 6.61 Å². The highest BCUT2D eigenvalue weighted by molar-refractivity contribution is 6.31. The number of carbonyl (C=O) groups is 2. The van der Waals surface area contributed by atoms with Crippen LogP contribution in [0.25, 0.3) is 22.4 Å². The van der Waals surface area contributed by atoms with Gasteiger partial charge in [0.25, 0.3) is 11.6 Å². The molecule has 10 heteroatoms. The van der Waals surface area contributed by atoms with E-state index in [1.807, 2.05) is 0 Å². The summed E-state index contributed by atoms with van der Waals surface area (Å²) in [7, 11) is 1.45. The number of methoxy groups -OCH3 is 1. The standard InChI is InChI=1S/C23H17ClFN3O5/c1-12-21-16(10-17(27-22(21)33-28-12)13-3-6-15(25)7-4-13)23(30)32-11-20(29)26-18-9-14(24)5-8-19(18)31-2/h3-10H,11H2,1-2H3,(H,26,29). The van der Waals surface area contributed by atoms with Crippen LogP contribution >= 0.6 is 11.6 Å². The molecule has 2 aromatic heterocycles. The molecule has 0 aliphatic rings. The Morgan fingerprint density at radius 3 is 2.64 bits per heavy atom. The Kier molecular flexibility index (Phi) is 6.23. The number of ether oxygens (including phenoxy) is 2. The Balaban J connectivity index is 1.56. The second-order valence-corrected chi connectivity index (χ2v) is 7.42. The van der Waals surface area contributed by atoms with Crippen molar-refractivity contribution in [1.29, 1.82) is 0 Å². The molecular weight excluding hydrogens is 453 g/mol. The molecular formula is C23H17ClFN3O5. The molecule has 0 saturated carbocycles. The lowest BCUT2D eigenvalue weighted by atomic mass is 10.1. The van der Waals surface area contributed by atoms with Crippen LogP contribution in [0.4, 0.5) is 10.1 Å². The average Bonchev–Trinajstić information content (AvgIpc) is 3.18. The summed E-state index contributed by atoms with van der Waals surface area (Å²) in [6.45, 7) is 1.09. The Morgan fingerprint density at radius 2 is 1.91 bits per heavy atom. The molecule has 0 radical (unpaired) electrons. The first kappa shape index (κ1) is 22.2. The molecule has 0 spiro atoms. The van der Waals surface area contributed by atoms with E-state index in [-0.39, 0.29) is 11.3 Å². The maximum Gasteiger partial charge on any atom is 0.339 e. The number of esters is 1. The molecule has 1 N–H and O–H groups in total. The molecule has 0 aliphatic carbocycles. The SMILES string of the molecule is COc1ccc(Cl)cc1NC(=O)COC(=O)c1cc(-c2ccc(F)cc2)nc2onc(C)c12. The van der Waals surface area contributed by atoms with Crippen molar-refractivity contribution in [2.24, 2.45) is 0 Å². The summed E-state index contributed by atoms with van der Waals surface area (Å²) in [6.07, 6.45) is 0. The Hall–Kier alpha value is -3.98. The number of anilines is 1. The van der Waals surface area contributed by atoms with Crippen molar-refractivity contribution < 1.29 is 28.0 Å². The molecule has 2 aromatic carbocycles. The number of amides is 1.